The molecule has 0 aromatic carbocycles. The number of piperidine rings is 1. The van der Waals surface area contributed by atoms with Gasteiger partial charge in [0.1, 0.15) is 0 Å². The van der Waals surface area contributed by atoms with Gasteiger partial charge in [0.05, 0.1) is 0 Å². The summed E-state index contributed by atoms with van der Waals surface area (Å²) in [5.74, 6) is 0.493. The molecular formula is C9H19N3O2S. The van der Waals surface area contributed by atoms with Crippen LogP contribution in [0.5, 0.6) is 0 Å². The molecule has 15 heavy (non-hydrogen) atoms. The summed E-state index contributed by atoms with van der Waals surface area (Å²) in [7, 11) is -3.49. The highest BCUT2D eigenvalue weighted by atomic mass is 32.2. The van der Waals surface area contributed by atoms with E-state index >= 15 is 0 Å². The first kappa shape index (κ1) is 11.3. The van der Waals surface area contributed by atoms with Crippen LogP contribution in [0.25, 0.3) is 0 Å². The van der Waals surface area contributed by atoms with Crippen LogP contribution in [-0.2, 0) is 10.2 Å². The zero-order chi connectivity index (χ0) is 10.9. The van der Waals surface area contributed by atoms with Gasteiger partial charge < -0.3 is 5.32 Å². The lowest BCUT2D eigenvalue weighted by atomic mass is 9.89. The average molecular weight is 233 g/mol. The molecule has 3 N–H and O–H groups in total. The van der Waals surface area contributed by atoms with Gasteiger partial charge in [-0.25, -0.2) is 5.14 Å². The van der Waals surface area contributed by atoms with Crippen molar-refractivity contribution < 1.29 is 8.42 Å². The quantitative estimate of drug-likeness (QED) is 0.685. The Kier molecular flexibility index (Phi) is 3.30. The SMILES string of the molecule is NS(=O)(=O)N1CCCC1C1CCNCC1. The fourth-order valence-corrected chi connectivity index (χ4v) is 3.82. The van der Waals surface area contributed by atoms with Crippen molar-refractivity contribution in [3.05, 3.63) is 0 Å². The highest BCUT2D eigenvalue weighted by Gasteiger charge is 2.37. The van der Waals surface area contributed by atoms with Crippen molar-refractivity contribution in [3.63, 3.8) is 0 Å². The molecule has 2 aliphatic rings. The van der Waals surface area contributed by atoms with E-state index in [1.165, 1.54) is 4.31 Å². The molecule has 2 saturated heterocycles. The molecule has 88 valence electrons. The van der Waals surface area contributed by atoms with Crippen molar-refractivity contribution in [1.29, 1.82) is 0 Å². The van der Waals surface area contributed by atoms with Crippen molar-refractivity contribution in [1.82, 2.24) is 9.62 Å². The molecule has 0 radical (unpaired) electrons. The van der Waals surface area contributed by atoms with Crippen molar-refractivity contribution in [2.24, 2.45) is 11.1 Å². The van der Waals surface area contributed by atoms with Crippen LogP contribution in [0.4, 0.5) is 0 Å². The lowest BCUT2D eigenvalue weighted by molar-refractivity contribution is 0.235. The van der Waals surface area contributed by atoms with Gasteiger partial charge in [-0.1, -0.05) is 0 Å². The Morgan fingerprint density at radius 2 is 1.87 bits per heavy atom. The molecule has 2 fully saturated rings. The predicted molar refractivity (Wildman–Crippen MR) is 58.4 cm³/mol. The first-order chi connectivity index (χ1) is 7.09. The minimum atomic E-state index is -3.49. The Labute approximate surface area is 91.2 Å². The number of nitrogens with one attached hydrogen (secondary N) is 1. The largest absolute Gasteiger partial charge is 0.317 e. The minimum absolute atomic E-state index is 0.155. The van der Waals surface area contributed by atoms with E-state index in [4.69, 9.17) is 5.14 Å². The number of rotatable bonds is 2. The third-order valence-corrected chi connectivity index (χ3v) is 4.61. The zero-order valence-corrected chi connectivity index (χ0v) is 9.67. The van der Waals surface area contributed by atoms with E-state index < -0.39 is 10.2 Å². The Morgan fingerprint density at radius 1 is 1.20 bits per heavy atom. The summed E-state index contributed by atoms with van der Waals surface area (Å²) in [6.07, 6.45) is 4.06. The second-order valence-corrected chi connectivity index (χ2v) is 5.95. The summed E-state index contributed by atoms with van der Waals surface area (Å²) in [6.45, 7) is 2.60. The van der Waals surface area contributed by atoms with Crippen LogP contribution in [-0.4, -0.2) is 38.4 Å². The fourth-order valence-electron chi connectivity index (χ4n) is 2.78. The molecule has 0 saturated carbocycles. The average Bonchev–Trinajstić information content (AvgIpc) is 2.67. The second-order valence-electron chi connectivity index (χ2n) is 4.45. The lowest BCUT2D eigenvalue weighted by Crippen LogP contribution is -2.46. The molecule has 6 heteroatoms. The smallest absolute Gasteiger partial charge is 0.277 e. The minimum Gasteiger partial charge on any atom is -0.317 e. The lowest BCUT2D eigenvalue weighted by Gasteiger charge is -2.32. The number of nitrogens with zero attached hydrogens (tertiary/aromatic N) is 1. The molecule has 0 aliphatic carbocycles. The van der Waals surface area contributed by atoms with Crippen LogP contribution in [0.15, 0.2) is 0 Å². The van der Waals surface area contributed by atoms with E-state index in [0.29, 0.717) is 12.5 Å². The predicted octanol–water partition coefficient (Wildman–Crippen LogP) is -0.346. The maximum atomic E-state index is 11.4. The van der Waals surface area contributed by atoms with Gasteiger partial charge in [0.2, 0.25) is 0 Å². The Balaban J connectivity index is 2.07. The van der Waals surface area contributed by atoms with Gasteiger partial charge in [0.15, 0.2) is 0 Å². The number of hydrogen-bond donors (Lipinski definition) is 2. The van der Waals surface area contributed by atoms with Gasteiger partial charge >= 0.3 is 0 Å². The van der Waals surface area contributed by atoms with E-state index in [9.17, 15) is 8.42 Å². The van der Waals surface area contributed by atoms with Crippen molar-refractivity contribution in [2.45, 2.75) is 31.7 Å². The third kappa shape index (κ3) is 2.50. The summed E-state index contributed by atoms with van der Waals surface area (Å²) < 4.78 is 24.3. The van der Waals surface area contributed by atoms with E-state index in [1.54, 1.807) is 0 Å². The maximum Gasteiger partial charge on any atom is 0.277 e. The highest BCUT2D eigenvalue weighted by molar-refractivity contribution is 7.86. The molecule has 0 bridgehead atoms. The van der Waals surface area contributed by atoms with Crippen molar-refractivity contribution >= 4 is 10.2 Å². The van der Waals surface area contributed by atoms with Gasteiger partial charge in [-0.3, -0.25) is 0 Å². The normalized spacial score (nSPS) is 30.9. The summed E-state index contributed by atoms with van der Waals surface area (Å²) in [5, 5.41) is 8.51. The monoisotopic (exact) mass is 233 g/mol. The van der Waals surface area contributed by atoms with Crippen molar-refractivity contribution in [3.8, 4) is 0 Å². The fraction of sp³-hybridized carbons (Fsp3) is 1.00. The number of nitrogens with two attached hydrogens (primary N) is 1. The van der Waals surface area contributed by atoms with Crippen LogP contribution in [0.3, 0.4) is 0 Å². The molecule has 1 atom stereocenters. The highest BCUT2D eigenvalue weighted by Crippen LogP contribution is 2.30. The summed E-state index contributed by atoms with van der Waals surface area (Å²) in [4.78, 5) is 0. The van der Waals surface area contributed by atoms with E-state index in [2.05, 4.69) is 5.32 Å². The van der Waals surface area contributed by atoms with Crippen LogP contribution in [0, 0.1) is 5.92 Å². The van der Waals surface area contributed by atoms with Crippen LogP contribution >= 0.6 is 0 Å². The van der Waals surface area contributed by atoms with Gasteiger partial charge in [0, 0.05) is 12.6 Å². The molecule has 2 aliphatic heterocycles. The molecule has 0 aromatic heterocycles. The maximum absolute atomic E-state index is 11.4. The van der Waals surface area contributed by atoms with Gasteiger partial charge in [0.25, 0.3) is 10.2 Å². The van der Waals surface area contributed by atoms with Crippen molar-refractivity contribution in [2.75, 3.05) is 19.6 Å². The van der Waals surface area contributed by atoms with E-state index in [-0.39, 0.29) is 6.04 Å². The zero-order valence-electron chi connectivity index (χ0n) is 8.85. The molecule has 2 heterocycles. The van der Waals surface area contributed by atoms with Crippen LogP contribution < -0.4 is 10.5 Å². The molecule has 1 unspecified atom stereocenters. The summed E-state index contributed by atoms with van der Waals surface area (Å²) >= 11 is 0. The van der Waals surface area contributed by atoms with Gasteiger partial charge in [-0.15, -0.1) is 0 Å². The first-order valence-corrected chi connectivity index (χ1v) is 7.09. The molecule has 2 rings (SSSR count). The molecule has 0 spiro atoms. The van der Waals surface area contributed by atoms with E-state index in [0.717, 1.165) is 38.8 Å². The summed E-state index contributed by atoms with van der Waals surface area (Å²) in [6, 6.07) is 0.155. The molecule has 5 nitrogen and oxygen atoms in total. The van der Waals surface area contributed by atoms with Crippen LogP contribution in [0.1, 0.15) is 25.7 Å². The van der Waals surface area contributed by atoms with E-state index in [1.807, 2.05) is 0 Å². The van der Waals surface area contributed by atoms with Gasteiger partial charge in [-0.05, 0) is 44.7 Å². The standard InChI is InChI=1S/C9H19N3O2S/c10-15(13,14)12-7-1-2-9(12)8-3-5-11-6-4-8/h8-9,11H,1-7H2,(H2,10,13,14). The second kappa shape index (κ2) is 4.37. The third-order valence-electron chi connectivity index (χ3n) is 3.50. The topological polar surface area (TPSA) is 75.4 Å². The molecule has 0 amide bonds. The number of hydrogen-bond acceptors (Lipinski definition) is 3. The van der Waals surface area contributed by atoms with Gasteiger partial charge in [-0.2, -0.15) is 12.7 Å². The Morgan fingerprint density at radius 3 is 2.47 bits per heavy atom. The summed E-state index contributed by atoms with van der Waals surface area (Å²) in [5.41, 5.74) is 0. The molecular weight excluding hydrogens is 214 g/mol. The Bertz CT molecular complexity index is 311. The molecule has 0 aromatic rings. The van der Waals surface area contributed by atoms with Crippen LogP contribution in [0.2, 0.25) is 0 Å². The first-order valence-electron chi connectivity index (χ1n) is 5.59. The Hall–Kier alpha value is -0.170.